The highest BCUT2D eigenvalue weighted by Gasteiger charge is 1.66. The van der Waals surface area contributed by atoms with E-state index in [1.54, 1.807) is 18.8 Å². The second kappa shape index (κ2) is 6.76. The summed E-state index contributed by atoms with van der Waals surface area (Å²) in [6, 6.07) is 0. The number of rotatable bonds is 3. The first kappa shape index (κ1) is 7.76. The van der Waals surface area contributed by atoms with Crippen molar-refractivity contribution in [2.45, 2.75) is 13.3 Å². The predicted molar refractivity (Wildman–Crippen MR) is 41.4 cm³/mol. The number of allylic oxidation sites excluding steroid dienone is 1. The monoisotopic (exact) mass is 129 g/mol. The van der Waals surface area contributed by atoms with E-state index in [2.05, 4.69) is 18.0 Å². The van der Waals surface area contributed by atoms with Gasteiger partial charge in [0.1, 0.15) is 0 Å². The van der Waals surface area contributed by atoms with E-state index in [0.29, 0.717) is 0 Å². The van der Waals surface area contributed by atoms with Crippen molar-refractivity contribution in [3.63, 3.8) is 0 Å². The molecule has 46 valence electrons. The fourth-order valence-electron chi connectivity index (χ4n) is 0.248. The van der Waals surface area contributed by atoms with Crippen LogP contribution in [0.25, 0.3) is 0 Å². The molecule has 8 heavy (non-hydrogen) atoms. The molecule has 1 nitrogen and oxygen atoms in total. The van der Waals surface area contributed by atoms with Gasteiger partial charge in [0.05, 0.1) is 5.55 Å². The Morgan fingerprint density at radius 3 is 2.88 bits per heavy atom. The van der Waals surface area contributed by atoms with Crippen LogP contribution in [0.1, 0.15) is 13.3 Å². The Morgan fingerprint density at radius 1 is 1.62 bits per heavy atom. The Labute approximate surface area is 54.9 Å². The summed E-state index contributed by atoms with van der Waals surface area (Å²) < 4.78 is 0. The molecule has 0 rings (SSSR count). The molecule has 0 aromatic rings. The summed E-state index contributed by atoms with van der Waals surface area (Å²) >= 11 is 1.61. The molecule has 0 aromatic heterocycles. The van der Waals surface area contributed by atoms with Crippen LogP contribution in [0.4, 0.5) is 0 Å². The Bertz CT molecular complexity index is 86.5. The normalized spacial score (nSPS) is 11.8. The van der Waals surface area contributed by atoms with E-state index in [1.165, 1.54) is 0 Å². The summed E-state index contributed by atoms with van der Waals surface area (Å²) in [6.07, 6.45) is 3.21. The smallest absolute Gasteiger partial charge is 0.0579 e. The van der Waals surface area contributed by atoms with Gasteiger partial charge >= 0.3 is 0 Å². The Kier molecular flexibility index (Phi) is 6.56. The molecule has 0 unspecified atom stereocenters. The van der Waals surface area contributed by atoms with Gasteiger partial charge in [-0.1, -0.05) is 24.8 Å². The summed E-state index contributed by atoms with van der Waals surface area (Å²) in [4.78, 5) is 3.79. The van der Waals surface area contributed by atoms with E-state index >= 15 is 0 Å². The molecule has 0 radical (unpaired) electrons. The zero-order valence-electron chi connectivity index (χ0n) is 5.29. The van der Waals surface area contributed by atoms with Gasteiger partial charge in [-0.15, -0.1) is 0 Å². The molecule has 0 fully saturated rings. The first-order valence-electron chi connectivity index (χ1n) is 2.63. The van der Waals surface area contributed by atoms with Crippen molar-refractivity contribution in [1.82, 2.24) is 0 Å². The molecule has 0 spiro atoms. The average Bonchev–Trinajstić information content (AvgIpc) is 1.81. The number of hydrogen-bond donors (Lipinski definition) is 0. The molecule has 2 heteroatoms. The fourth-order valence-corrected chi connectivity index (χ4v) is 0.743. The van der Waals surface area contributed by atoms with Crippen molar-refractivity contribution in [3.05, 3.63) is 11.5 Å². The zero-order valence-corrected chi connectivity index (χ0v) is 6.11. The lowest BCUT2D eigenvalue weighted by Crippen LogP contribution is -1.55. The van der Waals surface area contributed by atoms with Gasteiger partial charge in [-0.25, -0.2) is 0 Å². The Morgan fingerprint density at radius 2 is 2.38 bits per heavy atom. The van der Waals surface area contributed by atoms with Crippen LogP contribution in [-0.2, 0) is 0 Å². The summed E-state index contributed by atoms with van der Waals surface area (Å²) in [6.45, 7) is 2.11. The minimum atomic E-state index is 1.10. The minimum Gasteiger partial charge on any atom is -0.289 e. The van der Waals surface area contributed by atoms with Crippen LogP contribution in [0.2, 0.25) is 0 Å². The maximum absolute atomic E-state index is 3.79. The lowest BCUT2D eigenvalue weighted by atomic mass is 10.5. The van der Waals surface area contributed by atoms with Crippen LogP contribution < -0.4 is 0 Å². The molecule has 0 aliphatic rings. The predicted octanol–water partition coefficient (Wildman–Crippen LogP) is 2.30. The highest BCUT2D eigenvalue weighted by atomic mass is 32.2. The maximum Gasteiger partial charge on any atom is 0.0579 e. The molecule has 0 N–H and O–H groups in total. The van der Waals surface area contributed by atoms with E-state index in [0.717, 1.165) is 6.42 Å². The van der Waals surface area contributed by atoms with Crippen LogP contribution in [0, 0.1) is 0 Å². The van der Waals surface area contributed by atoms with Crippen LogP contribution >= 0.6 is 11.8 Å². The van der Waals surface area contributed by atoms with Crippen LogP contribution in [0.5, 0.6) is 0 Å². The van der Waals surface area contributed by atoms with E-state index in [9.17, 15) is 0 Å². The maximum atomic E-state index is 3.79. The highest BCUT2D eigenvalue weighted by Crippen LogP contribution is 1.96. The summed E-state index contributed by atoms with van der Waals surface area (Å²) in [5.74, 6) is 0. The van der Waals surface area contributed by atoms with Crippen molar-refractivity contribution >= 4 is 17.3 Å². The molecule has 0 heterocycles. The van der Waals surface area contributed by atoms with Crippen molar-refractivity contribution in [3.8, 4) is 0 Å². The molecule has 0 bridgehead atoms. The molecule has 0 aliphatic heterocycles. The fraction of sp³-hybridized carbons (Fsp3) is 0.500. The SMILES string of the molecule is CC/C=C/SC=NC. The molecule has 0 atom stereocenters. The molecular weight excluding hydrogens is 118 g/mol. The first-order chi connectivity index (χ1) is 3.91. The average molecular weight is 129 g/mol. The highest BCUT2D eigenvalue weighted by molar-refractivity contribution is 8.14. The molecule has 0 aromatic carbocycles. The van der Waals surface area contributed by atoms with E-state index in [1.807, 2.05) is 11.0 Å². The van der Waals surface area contributed by atoms with Crippen molar-refractivity contribution in [1.29, 1.82) is 0 Å². The summed E-state index contributed by atoms with van der Waals surface area (Å²) in [7, 11) is 1.77. The van der Waals surface area contributed by atoms with Gasteiger partial charge in [0.15, 0.2) is 0 Å². The van der Waals surface area contributed by atoms with Gasteiger partial charge in [0.25, 0.3) is 0 Å². The van der Waals surface area contributed by atoms with E-state index in [4.69, 9.17) is 0 Å². The number of nitrogens with zero attached hydrogens (tertiary/aromatic N) is 1. The second-order valence-electron chi connectivity index (χ2n) is 1.28. The van der Waals surface area contributed by atoms with Crippen molar-refractivity contribution in [2.24, 2.45) is 4.99 Å². The third kappa shape index (κ3) is 5.76. The van der Waals surface area contributed by atoms with Gasteiger partial charge in [-0.2, -0.15) is 0 Å². The lowest BCUT2D eigenvalue weighted by Gasteiger charge is -1.76. The third-order valence-electron chi connectivity index (χ3n) is 0.577. The quantitative estimate of drug-likeness (QED) is 0.420. The summed E-state index contributed by atoms with van der Waals surface area (Å²) in [5, 5.41) is 2.03. The minimum absolute atomic E-state index is 1.10. The van der Waals surface area contributed by atoms with Gasteiger partial charge in [-0.3, -0.25) is 4.99 Å². The number of aliphatic imine (C=N–C) groups is 1. The van der Waals surface area contributed by atoms with Crippen molar-refractivity contribution < 1.29 is 0 Å². The zero-order chi connectivity index (χ0) is 6.24. The summed E-state index contributed by atoms with van der Waals surface area (Å²) in [5.41, 5.74) is 1.81. The van der Waals surface area contributed by atoms with Gasteiger partial charge in [-0.05, 0) is 11.8 Å². The van der Waals surface area contributed by atoms with E-state index < -0.39 is 0 Å². The number of hydrogen-bond acceptors (Lipinski definition) is 2. The molecule has 0 amide bonds. The van der Waals surface area contributed by atoms with Gasteiger partial charge < -0.3 is 0 Å². The molecule has 0 saturated heterocycles. The van der Waals surface area contributed by atoms with Crippen LogP contribution in [0.3, 0.4) is 0 Å². The molecule has 0 aliphatic carbocycles. The third-order valence-corrected chi connectivity index (χ3v) is 1.26. The second-order valence-corrected chi connectivity index (χ2v) is 2.03. The van der Waals surface area contributed by atoms with Crippen molar-refractivity contribution in [2.75, 3.05) is 7.05 Å². The Hall–Kier alpha value is -0.240. The Balaban J connectivity index is 3.03. The van der Waals surface area contributed by atoms with Crippen LogP contribution in [-0.4, -0.2) is 12.6 Å². The van der Waals surface area contributed by atoms with Crippen LogP contribution in [0.15, 0.2) is 16.5 Å². The molecular formula is C6H11NS. The van der Waals surface area contributed by atoms with Gasteiger partial charge in [0.2, 0.25) is 0 Å². The largest absolute Gasteiger partial charge is 0.289 e. The standard InChI is InChI=1S/C6H11NS/c1-3-4-5-8-6-7-2/h4-6H,3H2,1-2H3/b5-4+,7-6?. The first-order valence-corrected chi connectivity index (χ1v) is 3.57. The van der Waals surface area contributed by atoms with E-state index in [-0.39, 0.29) is 0 Å². The molecule has 0 saturated carbocycles. The number of thioether (sulfide) groups is 1. The topological polar surface area (TPSA) is 12.4 Å². The van der Waals surface area contributed by atoms with Gasteiger partial charge in [0, 0.05) is 7.05 Å². The lowest BCUT2D eigenvalue weighted by molar-refractivity contribution is 1.23.